The summed E-state index contributed by atoms with van der Waals surface area (Å²) in [6.07, 6.45) is 0.983. The molecule has 0 fully saturated rings. The van der Waals surface area contributed by atoms with Crippen LogP contribution >= 0.6 is 0 Å². The zero-order valence-electron chi connectivity index (χ0n) is 17.1. The van der Waals surface area contributed by atoms with E-state index in [1.807, 2.05) is 37.2 Å². The molecule has 0 bridgehead atoms. The minimum absolute atomic E-state index is 0.0957. The van der Waals surface area contributed by atoms with Crippen LogP contribution in [0.3, 0.4) is 0 Å². The van der Waals surface area contributed by atoms with Crippen molar-refractivity contribution in [1.29, 1.82) is 0 Å². The molecule has 0 unspecified atom stereocenters. The second-order valence-electron chi connectivity index (χ2n) is 7.02. The summed E-state index contributed by atoms with van der Waals surface area (Å²) < 4.78 is 65.2. The third kappa shape index (κ3) is 9.00. The first-order valence-corrected chi connectivity index (χ1v) is 9.70. The first-order chi connectivity index (χ1) is 14.3. The van der Waals surface area contributed by atoms with Crippen LogP contribution in [-0.2, 0) is 17.6 Å². The molecule has 0 amide bonds. The van der Waals surface area contributed by atoms with Gasteiger partial charge in [0.1, 0.15) is 11.5 Å². The fourth-order valence-electron chi connectivity index (χ4n) is 2.97. The molecule has 2 aromatic rings. The number of benzene rings is 2. The van der Waals surface area contributed by atoms with Gasteiger partial charge in [0, 0.05) is 6.42 Å². The topological polar surface area (TPSA) is 30.9 Å². The van der Waals surface area contributed by atoms with Crippen molar-refractivity contribution in [3.63, 3.8) is 0 Å². The zero-order chi connectivity index (χ0) is 21.9. The standard InChI is InChI=1S/C22H27F4NO3/c1-27(2)14-6-11-20(30-22(25)26)29-19-10-4-3-8-17(19)13-12-16-7-5-9-18(15-16)28-21(23)24/h3-5,7-10,15,20-22H,6,11-14H2,1-2H3/t20-/m1/s1. The van der Waals surface area contributed by atoms with Crippen molar-refractivity contribution in [2.75, 3.05) is 20.6 Å². The molecule has 0 aliphatic carbocycles. The van der Waals surface area contributed by atoms with Gasteiger partial charge in [-0.1, -0.05) is 30.3 Å². The van der Waals surface area contributed by atoms with Crippen LogP contribution < -0.4 is 9.47 Å². The van der Waals surface area contributed by atoms with E-state index < -0.39 is 19.5 Å². The van der Waals surface area contributed by atoms with Gasteiger partial charge in [-0.3, -0.25) is 4.74 Å². The number of ether oxygens (including phenoxy) is 3. The number of aryl methyl sites for hydroxylation is 2. The molecule has 8 heteroatoms. The number of halogens is 4. The summed E-state index contributed by atoms with van der Waals surface area (Å²) in [6.45, 7) is -5.08. The maximum atomic E-state index is 12.8. The summed E-state index contributed by atoms with van der Waals surface area (Å²) in [5.41, 5.74) is 1.63. The molecule has 0 spiro atoms. The van der Waals surface area contributed by atoms with E-state index in [9.17, 15) is 17.6 Å². The molecule has 0 aliphatic rings. The summed E-state index contributed by atoms with van der Waals surface area (Å²) >= 11 is 0. The van der Waals surface area contributed by atoms with Crippen molar-refractivity contribution in [1.82, 2.24) is 4.90 Å². The van der Waals surface area contributed by atoms with Crippen molar-refractivity contribution < 1.29 is 31.8 Å². The Balaban J connectivity index is 2.03. The smallest absolute Gasteiger partial charge is 0.387 e. The van der Waals surface area contributed by atoms with E-state index in [2.05, 4.69) is 9.47 Å². The molecule has 0 heterocycles. The number of hydrogen-bond acceptors (Lipinski definition) is 4. The van der Waals surface area contributed by atoms with E-state index in [4.69, 9.17) is 4.74 Å². The highest BCUT2D eigenvalue weighted by Gasteiger charge is 2.18. The Hall–Kier alpha value is -2.32. The van der Waals surface area contributed by atoms with E-state index in [0.29, 0.717) is 31.4 Å². The molecule has 0 saturated carbocycles. The third-order valence-corrected chi connectivity index (χ3v) is 4.34. The van der Waals surface area contributed by atoms with Gasteiger partial charge >= 0.3 is 13.2 Å². The molecule has 2 rings (SSSR count). The van der Waals surface area contributed by atoms with Crippen LogP contribution in [0.1, 0.15) is 24.0 Å². The van der Waals surface area contributed by atoms with E-state index >= 15 is 0 Å². The highest BCUT2D eigenvalue weighted by molar-refractivity contribution is 5.35. The molecule has 2 aromatic carbocycles. The van der Waals surface area contributed by atoms with Crippen LogP contribution in [0, 0.1) is 0 Å². The average Bonchev–Trinajstić information content (AvgIpc) is 2.66. The Morgan fingerprint density at radius 1 is 0.867 bits per heavy atom. The van der Waals surface area contributed by atoms with E-state index in [1.54, 1.807) is 24.3 Å². The van der Waals surface area contributed by atoms with Gasteiger partial charge in [-0.05, 0) is 69.2 Å². The van der Waals surface area contributed by atoms with Gasteiger partial charge in [-0.15, -0.1) is 0 Å². The van der Waals surface area contributed by atoms with Crippen molar-refractivity contribution in [2.24, 2.45) is 0 Å². The Bertz CT molecular complexity index is 759. The van der Waals surface area contributed by atoms with Crippen molar-refractivity contribution in [3.8, 4) is 11.5 Å². The predicted molar refractivity (Wildman–Crippen MR) is 106 cm³/mol. The Labute approximate surface area is 174 Å². The van der Waals surface area contributed by atoms with Gasteiger partial charge in [0.15, 0.2) is 0 Å². The highest BCUT2D eigenvalue weighted by atomic mass is 19.3. The minimum Gasteiger partial charge on any atom is -0.464 e. The van der Waals surface area contributed by atoms with Crippen LogP contribution in [0.15, 0.2) is 48.5 Å². The molecule has 0 aliphatic heterocycles. The molecule has 0 N–H and O–H groups in total. The zero-order valence-corrected chi connectivity index (χ0v) is 17.1. The predicted octanol–water partition coefficient (Wildman–Crippen LogP) is 5.36. The maximum absolute atomic E-state index is 12.8. The molecular formula is C22H27F4NO3. The normalized spacial score (nSPS) is 12.6. The lowest BCUT2D eigenvalue weighted by molar-refractivity contribution is -0.219. The first-order valence-electron chi connectivity index (χ1n) is 9.70. The number of alkyl halides is 4. The van der Waals surface area contributed by atoms with Crippen molar-refractivity contribution in [2.45, 2.75) is 45.2 Å². The summed E-state index contributed by atoms with van der Waals surface area (Å²) in [5, 5.41) is 0. The lowest BCUT2D eigenvalue weighted by Gasteiger charge is -2.21. The van der Waals surface area contributed by atoms with Gasteiger partial charge in [0.05, 0.1) is 0 Å². The molecule has 4 nitrogen and oxygen atoms in total. The fourth-order valence-corrected chi connectivity index (χ4v) is 2.97. The van der Waals surface area contributed by atoms with Gasteiger partial charge in [0.25, 0.3) is 0 Å². The second-order valence-corrected chi connectivity index (χ2v) is 7.02. The molecular weight excluding hydrogens is 402 g/mol. The monoisotopic (exact) mass is 429 g/mol. The first kappa shape index (κ1) is 24.0. The summed E-state index contributed by atoms with van der Waals surface area (Å²) in [7, 11) is 3.81. The molecule has 1 atom stereocenters. The van der Waals surface area contributed by atoms with Crippen LogP contribution in [0.2, 0.25) is 0 Å². The second kappa shape index (κ2) is 12.4. The summed E-state index contributed by atoms with van der Waals surface area (Å²) in [6, 6.07) is 13.6. The van der Waals surface area contributed by atoms with E-state index in [1.165, 1.54) is 6.07 Å². The van der Waals surface area contributed by atoms with Gasteiger partial charge < -0.3 is 14.4 Å². The summed E-state index contributed by atoms with van der Waals surface area (Å²) in [5.74, 6) is 0.561. The third-order valence-electron chi connectivity index (χ3n) is 4.34. The minimum atomic E-state index is -2.93. The molecule has 30 heavy (non-hydrogen) atoms. The largest absolute Gasteiger partial charge is 0.464 e. The Morgan fingerprint density at radius 3 is 2.33 bits per heavy atom. The lowest BCUT2D eigenvalue weighted by Crippen LogP contribution is -2.25. The lowest BCUT2D eigenvalue weighted by atomic mass is 10.0. The number of para-hydroxylation sites is 1. The fraction of sp³-hybridized carbons (Fsp3) is 0.455. The molecule has 0 aromatic heterocycles. The van der Waals surface area contributed by atoms with E-state index in [-0.39, 0.29) is 5.75 Å². The Morgan fingerprint density at radius 2 is 1.63 bits per heavy atom. The SMILES string of the molecule is CN(C)CCC[C@H](Oc1ccccc1CCc1cccc(OC(F)F)c1)OC(F)F. The van der Waals surface area contributed by atoms with Crippen molar-refractivity contribution in [3.05, 3.63) is 59.7 Å². The van der Waals surface area contributed by atoms with Crippen LogP contribution in [0.25, 0.3) is 0 Å². The Kier molecular flexibility index (Phi) is 9.89. The van der Waals surface area contributed by atoms with Crippen LogP contribution in [-0.4, -0.2) is 45.1 Å². The maximum Gasteiger partial charge on any atom is 0.387 e. The van der Waals surface area contributed by atoms with Crippen molar-refractivity contribution >= 4 is 0 Å². The van der Waals surface area contributed by atoms with Crippen LogP contribution in [0.4, 0.5) is 17.6 Å². The van der Waals surface area contributed by atoms with Gasteiger partial charge in [-0.2, -0.15) is 17.6 Å². The van der Waals surface area contributed by atoms with Gasteiger partial charge in [-0.25, -0.2) is 0 Å². The molecule has 0 saturated heterocycles. The average molecular weight is 429 g/mol. The number of hydrogen-bond donors (Lipinski definition) is 0. The van der Waals surface area contributed by atoms with Crippen LogP contribution in [0.5, 0.6) is 11.5 Å². The molecule has 0 radical (unpaired) electrons. The number of rotatable bonds is 13. The molecule has 166 valence electrons. The highest BCUT2D eigenvalue weighted by Crippen LogP contribution is 2.24. The summed E-state index contributed by atoms with van der Waals surface area (Å²) in [4.78, 5) is 1.96. The number of nitrogens with zero attached hydrogens (tertiary/aromatic N) is 1. The quantitative estimate of drug-likeness (QED) is 0.317. The van der Waals surface area contributed by atoms with Gasteiger partial charge in [0.2, 0.25) is 6.29 Å². The van der Waals surface area contributed by atoms with E-state index in [0.717, 1.165) is 17.7 Å².